The van der Waals surface area contributed by atoms with E-state index in [0.717, 1.165) is 5.56 Å². The first-order chi connectivity index (χ1) is 5.75. The van der Waals surface area contributed by atoms with E-state index in [2.05, 4.69) is 0 Å². The molecule has 0 heterocycles. The highest BCUT2D eigenvalue weighted by Gasteiger charge is 2.13. The second-order valence-electron chi connectivity index (χ2n) is 2.92. The fraction of sp³-hybridized carbons (Fsp3) is 0.400. The Hall–Kier alpha value is -0.530. The lowest BCUT2D eigenvalue weighted by molar-refractivity contribution is 0.172. The molecule has 0 aliphatic heterocycles. The minimum atomic E-state index is -0.450. The number of alkyl halides is 1. The number of aliphatic hydroxyl groups excluding tert-OH is 1. The number of benzene rings is 1. The van der Waals surface area contributed by atoms with E-state index < -0.39 is 6.10 Å². The predicted octanol–water partition coefficient (Wildman–Crippen LogP) is 2.39. The van der Waals surface area contributed by atoms with E-state index >= 15 is 0 Å². The van der Waals surface area contributed by atoms with Gasteiger partial charge in [-0.1, -0.05) is 37.3 Å². The molecule has 0 saturated carbocycles. The molecule has 12 heavy (non-hydrogen) atoms. The summed E-state index contributed by atoms with van der Waals surface area (Å²) < 4.78 is 0. The monoisotopic (exact) mass is 184 g/mol. The topological polar surface area (TPSA) is 20.2 Å². The molecule has 2 atom stereocenters. The lowest BCUT2D eigenvalue weighted by atomic mass is 9.97. The Morgan fingerprint density at radius 1 is 1.33 bits per heavy atom. The van der Waals surface area contributed by atoms with Gasteiger partial charge in [-0.15, -0.1) is 11.6 Å². The molecule has 0 aliphatic rings. The molecule has 0 spiro atoms. The lowest BCUT2D eigenvalue weighted by Crippen LogP contribution is -2.17. The van der Waals surface area contributed by atoms with E-state index in [1.807, 2.05) is 37.3 Å². The van der Waals surface area contributed by atoms with Crippen molar-refractivity contribution in [1.29, 1.82) is 0 Å². The van der Waals surface area contributed by atoms with Gasteiger partial charge in [-0.2, -0.15) is 0 Å². The van der Waals surface area contributed by atoms with Crippen molar-refractivity contribution >= 4 is 11.6 Å². The maximum atomic E-state index is 9.45. The first-order valence-electron chi connectivity index (χ1n) is 4.04. The van der Waals surface area contributed by atoms with Crippen LogP contribution in [0.15, 0.2) is 30.3 Å². The quantitative estimate of drug-likeness (QED) is 0.716. The van der Waals surface area contributed by atoms with Crippen molar-refractivity contribution in [2.75, 3.05) is 5.88 Å². The molecule has 0 radical (unpaired) electrons. The average Bonchev–Trinajstić information content (AvgIpc) is 2.17. The van der Waals surface area contributed by atoms with E-state index in [-0.39, 0.29) is 11.8 Å². The molecule has 2 heteroatoms. The maximum absolute atomic E-state index is 9.45. The SMILES string of the molecule is CC(c1ccccc1)C(O)CCl. The minimum absolute atomic E-state index is 0.115. The standard InChI is InChI=1S/C10H13ClO/c1-8(10(12)7-11)9-5-3-2-4-6-9/h2-6,8,10,12H,7H2,1H3. The van der Waals surface area contributed by atoms with Gasteiger partial charge in [0, 0.05) is 11.8 Å². The second kappa shape index (κ2) is 4.48. The van der Waals surface area contributed by atoms with Crippen LogP contribution < -0.4 is 0 Å². The second-order valence-corrected chi connectivity index (χ2v) is 3.23. The summed E-state index contributed by atoms with van der Waals surface area (Å²) in [5.41, 5.74) is 1.13. The van der Waals surface area contributed by atoms with E-state index in [4.69, 9.17) is 11.6 Å². The molecule has 2 unspecified atom stereocenters. The Morgan fingerprint density at radius 3 is 2.42 bits per heavy atom. The van der Waals surface area contributed by atoms with Gasteiger partial charge in [-0.25, -0.2) is 0 Å². The summed E-state index contributed by atoms with van der Waals surface area (Å²) >= 11 is 5.55. The number of aliphatic hydroxyl groups is 1. The summed E-state index contributed by atoms with van der Waals surface area (Å²) in [5.74, 6) is 0.402. The summed E-state index contributed by atoms with van der Waals surface area (Å²) in [4.78, 5) is 0. The lowest BCUT2D eigenvalue weighted by Gasteiger charge is -2.16. The van der Waals surface area contributed by atoms with Crippen LogP contribution in [0.1, 0.15) is 18.4 Å². The highest BCUT2D eigenvalue weighted by molar-refractivity contribution is 6.18. The van der Waals surface area contributed by atoms with Crippen molar-refractivity contribution < 1.29 is 5.11 Å². The van der Waals surface area contributed by atoms with Gasteiger partial charge in [0.25, 0.3) is 0 Å². The molecule has 1 N–H and O–H groups in total. The van der Waals surface area contributed by atoms with Crippen molar-refractivity contribution in [3.05, 3.63) is 35.9 Å². The first-order valence-corrected chi connectivity index (χ1v) is 4.58. The first kappa shape index (κ1) is 9.56. The third kappa shape index (κ3) is 2.23. The van der Waals surface area contributed by atoms with Gasteiger partial charge in [0.15, 0.2) is 0 Å². The van der Waals surface area contributed by atoms with Crippen LogP contribution in [-0.4, -0.2) is 17.1 Å². The highest BCUT2D eigenvalue weighted by Crippen LogP contribution is 2.19. The van der Waals surface area contributed by atoms with Gasteiger partial charge >= 0.3 is 0 Å². The summed E-state index contributed by atoms with van der Waals surface area (Å²) in [6.45, 7) is 1.97. The zero-order valence-corrected chi connectivity index (χ0v) is 7.83. The van der Waals surface area contributed by atoms with Crippen molar-refractivity contribution in [3.8, 4) is 0 Å². The van der Waals surface area contributed by atoms with Crippen LogP contribution in [0.5, 0.6) is 0 Å². The van der Waals surface area contributed by atoms with Gasteiger partial charge in [-0.05, 0) is 5.56 Å². The number of hydrogen-bond donors (Lipinski definition) is 1. The van der Waals surface area contributed by atoms with Gasteiger partial charge in [0.05, 0.1) is 6.10 Å². The number of halogens is 1. The van der Waals surface area contributed by atoms with E-state index in [9.17, 15) is 5.11 Å². The summed E-state index contributed by atoms with van der Waals surface area (Å²) in [6, 6.07) is 9.89. The number of rotatable bonds is 3. The van der Waals surface area contributed by atoms with Crippen molar-refractivity contribution in [3.63, 3.8) is 0 Å². The zero-order valence-electron chi connectivity index (χ0n) is 7.07. The Kier molecular flexibility index (Phi) is 3.57. The molecular weight excluding hydrogens is 172 g/mol. The highest BCUT2D eigenvalue weighted by atomic mass is 35.5. The minimum Gasteiger partial charge on any atom is -0.391 e. The molecule has 1 nitrogen and oxygen atoms in total. The fourth-order valence-electron chi connectivity index (χ4n) is 1.11. The van der Waals surface area contributed by atoms with Crippen molar-refractivity contribution in [2.45, 2.75) is 18.9 Å². The fourth-order valence-corrected chi connectivity index (χ4v) is 1.38. The van der Waals surface area contributed by atoms with Crippen LogP contribution in [0.3, 0.4) is 0 Å². The molecule has 0 aromatic heterocycles. The summed E-state index contributed by atoms with van der Waals surface area (Å²) in [6.07, 6.45) is -0.450. The van der Waals surface area contributed by atoms with E-state index in [1.54, 1.807) is 0 Å². The van der Waals surface area contributed by atoms with Gasteiger partial charge in [-0.3, -0.25) is 0 Å². The van der Waals surface area contributed by atoms with Gasteiger partial charge < -0.3 is 5.11 Å². The zero-order chi connectivity index (χ0) is 8.97. The molecule has 1 aromatic rings. The normalized spacial score (nSPS) is 15.6. The third-order valence-corrected chi connectivity index (χ3v) is 2.38. The van der Waals surface area contributed by atoms with Gasteiger partial charge in [0.2, 0.25) is 0 Å². The van der Waals surface area contributed by atoms with Crippen molar-refractivity contribution in [1.82, 2.24) is 0 Å². The molecule has 0 aliphatic carbocycles. The Bertz CT molecular complexity index is 223. The molecular formula is C10H13ClO. The Morgan fingerprint density at radius 2 is 1.92 bits per heavy atom. The van der Waals surface area contributed by atoms with Gasteiger partial charge in [0.1, 0.15) is 0 Å². The maximum Gasteiger partial charge on any atom is 0.0741 e. The van der Waals surface area contributed by atoms with E-state index in [1.165, 1.54) is 0 Å². The Balaban J connectivity index is 2.71. The van der Waals surface area contributed by atoms with Crippen LogP contribution in [-0.2, 0) is 0 Å². The molecule has 0 fully saturated rings. The Labute approximate surface area is 78.0 Å². The third-order valence-electron chi connectivity index (χ3n) is 2.06. The van der Waals surface area contributed by atoms with Crippen LogP contribution in [0.2, 0.25) is 0 Å². The predicted molar refractivity (Wildman–Crippen MR) is 51.6 cm³/mol. The van der Waals surface area contributed by atoms with Crippen LogP contribution >= 0.6 is 11.6 Å². The van der Waals surface area contributed by atoms with Crippen LogP contribution in [0, 0.1) is 0 Å². The summed E-state index contributed by atoms with van der Waals surface area (Å²) in [5, 5.41) is 9.45. The molecule has 66 valence electrons. The number of hydrogen-bond acceptors (Lipinski definition) is 1. The smallest absolute Gasteiger partial charge is 0.0741 e. The molecule has 0 bridgehead atoms. The molecule has 1 aromatic carbocycles. The van der Waals surface area contributed by atoms with Crippen molar-refractivity contribution in [2.24, 2.45) is 0 Å². The van der Waals surface area contributed by atoms with Crippen LogP contribution in [0.4, 0.5) is 0 Å². The largest absolute Gasteiger partial charge is 0.391 e. The van der Waals surface area contributed by atoms with E-state index in [0.29, 0.717) is 0 Å². The van der Waals surface area contributed by atoms with Crippen LogP contribution in [0.25, 0.3) is 0 Å². The molecule has 0 amide bonds. The molecule has 1 rings (SSSR count). The molecule has 0 saturated heterocycles. The summed E-state index contributed by atoms with van der Waals surface area (Å²) in [7, 11) is 0. The average molecular weight is 185 g/mol.